The van der Waals surface area contributed by atoms with Gasteiger partial charge in [-0.3, -0.25) is 14.7 Å². The molecule has 0 fully saturated rings. The van der Waals surface area contributed by atoms with E-state index in [0.29, 0.717) is 5.56 Å². The van der Waals surface area contributed by atoms with E-state index in [-0.39, 0.29) is 18.9 Å². The molecule has 0 radical (unpaired) electrons. The van der Waals surface area contributed by atoms with Crippen molar-refractivity contribution >= 4 is 11.8 Å². The highest BCUT2D eigenvalue weighted by Gasteiger charge is 2.22. The smallest absolute Gasteiger partial charge is 0.251 e. The van der Waals surface area contributed by atoms with Gasteiger partial charge in [0, 0.05) is 18.2 Å². The number of benzene rings is 2. The monoisotopic (exact) mass is 373 g/mol. The quantitative estimate of drug-likeness (QED) is 0.551. The van der Waals surface area contributed by atoms with E-state index in [4.69, 9.17) is 5.26 Å². The highest BCUT2D eigenvalue weighted by atomic mass is 16.2. The van der Waals surface area contributed by atoms with E-state index in [1.807, 2.05) is 42.5 Å². The van der Waals surface area contributed by atoms with E-state index in [0.717, 1.165) is 16.8 Å². The average Bonchev–Trinajstić information content (AvgIpc) is 3.27. The summed E-state index contributed by atoms with van der Waals surface area (Å²) in [5.41, 5.74) is 3.13. The predicted molar refractivity (Wildman–Crippen MR) is 104 cm³/mol. The topological polar surface area (TPSA) is 111 Å². The Morgan fingerprint density at radius 2 is 1.93 bits per heavy atom. The molecule has 0 unspecified atom stereocenters. The molecule has 2 amide bonds. The molecule has 0 bridgehead atoms. The fraction of sp³-hybridized carbons (Fsp3) is 0.143. The molecule has 2 aromatic carbocycles. The number of hydrogen-bond acceptors (Lipinski definition) is 4. The van der Waals surface area contributed by atoms with Gasteiger partial charge in [-0.1, -0.05) is 36.4 Å². The lowest BCUT2D eigenvalue weighted by Gasteiger charge is -2.18. The van der Waals surface area contributed by atoms with E-state index >= 15 is 0 Å². The molecule has 7 nitrogen and oxygen atoms in total. The third kappa shape index (κ3) is 4.83. The molecule has 7 heteroatoms. The molecule has 140 valence electrons. The number of carbonyl (C=O) groups is 2. The Bertz CT molecular complexity index is 978. The molecule has 0 aliphatic heterocycles. The van der Waals surface area contributed by atoms with Crippen LogP contribution in [0.4, 0.5) is 0 Å². The van der Waals surface area contributed by atoms with Crippen LogP contribution in [0.5, 0.6) is 0 Å². The van der Waals surface area contributed by atoms with Crippen LogP contribution in [0.3, 0.4) is 0 Å². The van der Waals surface area contributed by atoms with Crippen LogP contribution >= 0.6 is 0 Å². The van der Waals surface area contributed by atoms with Crippen molar-refractivity contribution in [2.24, 2.45) is 0 Å². The van der Waals surface area contributed by atoms with Crippen molar-refractivity contribution in [1.29, 1.82) is 5.26 Å². The van der Waals surface area contributed by atoms with E-state index in [1.54, 1.807) is 30.5 Å². The second kappa shape index (κ2) is 9.14. The molecule has 0 aliphatic rings. The molecule has 3 aromatic rings. The number of carbonyl (C=O) groups excluding carboxylic acids is 2. The van der Waals surface area contributed by atoms with Crippen molar-refractivity contribution in [3.8, 4) is 17.3 Å². The van der Waals surface area contributed by atoms with Gasteiger partial charge in [-0.2, -0.15) is 10.4 Å². The van der Waals surface area contributed by atoms with Crippen molar-refractivity contribution in [3.05, 3.63) is 78.0 Å². The highest BCUT2D eigenvalue weighted by molar-refractivity contribution is 5.97. The molecule has 3 rings (SSSR count). The predicted octanol–water partition coefficient (Wildman–Crippen LogP) is 2.06. The zero-order valence-corrected chi connectivity index (χ0v) is 15.1. The van der Waals surface area contributed by atoms with Gasteiger partial charge in [-0.05, 0) is 35.4 Å². The highest BCUT2D eigenvalue weighted by Crippen LogP contribution is 2.18. The summed E-state index contributed by atoms with van der Waals surface area (Å²) in [6.45, 7) is -0.120. The van der Waals surface area contributed by atoms with Gasteiger partial charge < -0.3 is 10.6 Å². The Morgan fingerprint density at radius 3 is 2.64 bits per heavy atom. The van der Waals surface area contributed by atoms with Crippen LogP contribution in [0.25, 0.3) is 11.3 Å². The van der Waals surface area contributed by atoms with E-state index in [9.17, 15) is 9.59 Å². The lowest BCUT2D eigenvalue weighted by atomic mass is 10.0. The summed E-state index contributed by atoms with van der Waals surface area (Å²) in [5.74, 6) is -0.750. The van der Waals surface area contributed by atoms with Crippen LogP contribution in [-0.2, 0) is 11.2 Å². The Balaban J connectivity index is 1.79. The van der Waals surface area contributed by atoms with Crippen molar-refractivity contribution in [2.45, 2.75) is 12.5 Å². The summed E-state index contributed by atoms with van der Waals surface area (Å²) < 4.78 is 0. The number of hydrogen-bond donors (Lipinski definition) is 3. The second-order valence-electron chi connectivity index (χ2n) is 6.14. The second-order valence-corrected chi connectivity index (χ2v) is 6.14. The maximum absolute atomic E-state index is 12.5. The van der Waals surface area contributed by atoms with Crippen LogP contribution in [0.2, 0.25) is 0 Å². The van der Waals surface area contributed by atoms with Gasteiger partial charge in [-0.25, -0.2) is 0 Å². The minimum Gasteiger partial charge on any atom is -0.341 e. The third-order valence-electron chi connectivity index (χ3n) is 4.18. The molecule has 3 N–H and O–H groups in total. The molecule has 0 aliphatic carbocycles. The number of amides is 2. The molecule has 0 saturated heterocycles. The number of nitriles is 1. The van der Waals surface area contributed by atoms with Gasteiger partial charge >= 0.3 is 0 Å². The van der Waals surface area contributed by atoms with E-state index < -0.39 is 11.9 Å². The van der Waals surface area contributed by atoms with Gasteiger partial charge in [0.1, 0.15) is 12.6 Å². The van der Waals surface area contributed by atoms with Gasteiger partial charge in [0.2, 0.25) is 5.91 Å². The number of H-pyrrole nitrogens is 1. The summed E-state index contributed by atoms with van der Waals surface area (Å²) in [6, 6.07) is 19.3. The zero-order valence-electron chi connectivity index (χ0n) is 15.1. The summed E-state index contributed by atoms with van der Waals surface area (Å²) in [6.07, 6.45) is 1.96. The van der Waals surface area contributed by atoms with Crippen molar-refractivity contribution in [1.82, 2.24) is 20.8 Å². The number of nitrogens with one attached hydrogen (secondary N) is 3. The molecular formula is C21H19N5O2. The maximum atomic E-state index is 12.5. The van der Waals surface area contributed by atoms with Crippen molar-refractivity contribution in [3.63, 3.8) is 0 Å². The van der Waals surface area contributed by atoms with Gasteiger partial charge in [0.05, 0.1) is 11.8 Å². The first-order valence-corrected chi connectivity index (χ1v) is 8.76. The lowest BCUT2D eigenvalue weighted by Crippen LogP contribution is -2.48. The number of aromatic nitrogens is 2. The fourth-order valence-electron chi connectivity index (χ4n) is 2.81. The molecule has 28 heavy (non-hydrogen) atoms. The number of nitrogens with zero attached hydrogens (tertiary/aromatic N) is 2. The third-order valence-corrected chi connectivity index (χ3v) is 4.18. The van der Waals surface area contributed by atoms with Crippen LogP contribution in [0.15, 0.2) is 66.9 Å². The molecule has 0 spiro atoms. The number of aromatic amines is 1. The van der Waals surface area contributed by atoms with Gasteiger partial charge in [0.25, 0.3) is 5.91 Å². The SMILES string of the molecule is N#CCNC(=O)[C@H](Cc1cccc(-c2ccn[nH]2)c1)NC(=O)c1ccccc1. The number of rotatable bonds is 7. The summed E-state index contributed by atoms with van der Waals surface area (Å²) in [7, 11) is 0. The standard InChI is InChI=1S/C21H19N5O2/c22-10-12-23-21(28)19(25-20(27)16-6-2-1-3-7-16)14-15-5-4-8-17(13-15)18-9-11-24-26-18/h1-9,11,13,19H,12,14H2,(H,23,28)(H,24,26)(H,25,27)/t19-/m0/s1. The molecule has 1 aromatic heterocycles. The Kier molecular flexibility index (Phi) is 6.16. The molecule has 1 heterocycles. The van der Waals surface area contributed by atoms with Crippen LogP contribution in [0, 0.1) is 11.3 Å². The van der Waals surface area contributed by atoms with Crippen LogP contribution in [-0.4, -0.2) is 34.6 Å². The summed E-state index contributed by atoms with van der Waals surface area (Å²) in [4.78, 5) is 25.0. The van der Waals surface area contributed by atoms with Crippen molar-refractivity contribution < 1.29 is 9.59 Å². The van der Waals surface area contributed by atoms with E-state index in [1.165, 1.54) is 0 Å². The Hall–Kier alpha value is -3.92. The molecule has 1 atom stereocenters. The first-order chi connectivity index (χ1) is 13.7. The Labute approximate surface area is 162 Å². The van der Waals surface area contributed by atoms with Crippen molar-refractivity contribution in [2.75, 3.05) is 6.54 Å². The maximum Gasteiger partial charge on any atom is 0.251 e. The summed E-state index contributed by atoms with van der Waals surface area (Å²) in [5, 5.41) is 20.9. The van der Waals surface area contributed by atoms with Crippen LogP contribution in [0.1, 0.15) is 15.9 Å². The van der Waals surface area contributed by atoms with Crippen LogP contribution < -0.4 is 10.6 Å². The van der Waals surface area contributed by atoms with Gasteiger partial charge in [-0.15, -0.1) is 0 Å². The average molecular weight is 373 g/mol. The summed E-state index contributed by atoms with van der Waals surface area (Å²) >= 11 is 0. The first-order valence-electron chi connectivity index (χ1n) is 8.76. The van der Waals surface area contributed by atoms with E-state index in [2.05, 4.69) is 20.8 Å². The minimum atomic E-state index is -0.807. The fourth-order valence-corrected chi connectivity index (χ4v) is 2.81. The van der Waals surface area contributed by atoms with Gasteiger partial charge in [0.15, 0.2) is 0 Å². The first kappa shape index (κ1) is 18.9. The lowest BCUT2D eigenvalue weighted by molar-refractivity contribution is -0.122. The minimum absolute atomic E-state index is 0.120. The normalized spacial score (nSPS) is 11.2. The zero-order chi connectivity index (χ0) is 19.8. The Morgan fingerprint density at radius 1 is 1.11 bits per heavy atom. The largest absolute Gasteiger partial charge is 0.341 e. The molecule has 0 saturated carbocycles. The molecular weight excluding hydrogens is 354 g/mol.